The summed E-state index contributed by atoms with van der Waals surface area (Å²) in [6.45, 7) is 1.50. The number of Topliss-reactive ketones (excluding diaryl/α,β-unsaturated/α-hetero) is 1. The summed E-state index contributed by atoms with van der Waals surface area (Å²) in [6, 6.07) is 12.1. The fourth-order valence-corrected chi connectivity index (χ4v) is 2.45. The average Bonchev–Trinajstić information content (AvgIpc) is 2.90. The normalized spacial score (nSPS) is 10.6. The number of amides is 1. The first kappa shape index (κ1) is 14.4. The zero-order valence-corrected chi connectivity index (χ0v) is 12.6. The van der Waals surface area contributed by atoms with Gasteiger partial charge >= 0.3 is 0 Å². The number of nitrogens with one attached hydrogen (secondary N) is 2. The van der Waals surface area contributed by atoms with E-state index in [1.54, 1.807) is 42.6 Å². The lowest BCUT2D eigenvalue weighted by molar-refractivity contribution is 0.101. The molecule has 4 nitrogen and oxygen atoms in total. The Hall–Kier alpha value is -2.59. The highest BCUT2D eigenvalue weighted by Crippen LogP contribution is 2.23. The van der Waals surface area contributed by atoms with Crippen LogP contribution in [0.15, 0.2) is 48.7 Å². The van der Waals surface area contributed by atoms with Gasteiger partial charge in [-0.15, -0.1) is 0 Å². The molecule has 1 amide bonds. The highest BCUT2D eigenvalue weighted by molar-refractivity contribution is 6.31. The largest absolute Gasteiger partial charge is 0.360 e. The second-order valence-electron chi connectivity index (χ2n) is 4.98. The van der Waals surface area contributed by atoms with Gasteiger partial charge in [0.15, 0.2) is 5.78 Å². The second kappa shape index (κ2) is 5.66. The van der Waals surface area contributed by atoms with E-state index in [0.717, 1.165) is 10.9 Å². The molecule has 3 rings (SSSR count). The van der Waals surface area contributed by atoms with Gasteiger partial charge in [-0.25, -0.2) is 0 Å². The van der Waals surface area contributed by atoms with Gasteiger partial charge in [-0.3, -0.25) is 9.59 Å². The summed E-state index contributed by atoms with van der Waals surface area (Å²) < 4.78 is 0. The van der Waals surface area contributed by atoms with Crippen molar-refractivity contribution in [3.8, 4) is 0 Å². The number of aromatic nitrogens is 1. The first-order valence-electron chi connectivity index (χ1n) is 6.73. The Morgan fingerprint density at radius 3 is 2.50 bits per heavy atom. The number of carbonyl (C=O) groups is 2. The topological polar surface area (TPSA) is 62.0 Å². The van der Waals surface area contributed by atoms with E-state index in [9.17, 15) is 9.59 Å². The van der Waals surface area contributed by atoms with E-state index >= 15 is 0 Å². The first-order valence-corrected chi connectivity index (χ1v) is 7.11. The predicted molar refractivity (Wildman–Crippen MR) is 87.7 cm³/mol. The van der Waals surface area contributed by atoms with Crippen LogP contribution in [0.25, 0.3) is 10.9 Å². The van der Waals surface area contributed by atoms with Crippen LogP contribution in [-0.2, 0) is 0 Å². The summed E-state index contributed by atoms with van der Waals surface area (Å²) in [7, 11) is 0. The fourth-order valence-electron chi connectivity index (χ4n) is 2.27. The van der Waals surface area contributed by atoms with Gasteiger partial charge in [0.05, 0.1) is 5.56 Å². The van der Waals surface area contributed by atoms with Crippen LogP contribution in [0.1, 0.15) is 27.6 Å². The summed E-state index contributed by atoms with van der Waals surface area (Å²) in [5.74, 6) is -0.226. The molecule has 0 spiro atoms. The number of anilines is 1. The molecule has 0 atom stereocenters. The van der Waals surface area contributed by atoms with Crippen LogP contribution in [0, 0.1) is 0 Å². The third-order valence-electron chi connectivity index (χ3n) is 3.44. The van der Waals surface area contributed by atoms with Crippen molar-refractivity contribution >= 4 is 39.9 Å². The maximum Gasteiger partial charge on any atom is 0.257 e. The van der Waals surface area contributed by atoms with Crippen LogP contribution >= 0.6 is 11.6 Å². The standard InChI is InChI=1S/C17H13ClN2O2/c1-10(21)11-2-5-13(6-3-11)20-17(22)15-9-19-16-8-12(18)4-7-14(15)16/h2-9,19H,1H3,(H,20,22). The van der Waals surface area contributed by atoms with E-state index in [1.807, 2.05) is 6.07 Å². The number of ketones is 1. The molecule has 0 saturated heterocycles. The van der Waals surface area contributed by atoms with Gasteiger partial charge in [0, 0.05) is 33.4 Å². The van der Waals surface area contributed by atoms with E-state index < -0.39 is 0 Å². The second-order valence-corrected chi connectivity index (χ2v) is 5.42. The molecule has 5 heteroatoms. The van der Waals surface area contributed by atoms with Crippen molar-refractivity contribution in [3.05, 3.63) is 64.8 Å². The lowest BCUT2D eigenvalue weighted by atomic mass is 10.1. The molecule has 0 bridgehead atoms. The summed E-state index contributed by atoms with van der Waals surface area (Å²) in [4.78, 5) is 26.6. The number of benzene rings is 2. The lowest BCUT2D eigenvalue weighted by Crippen LogP contribution is -2.11. The Morgan fingerprint density at radius 1 is 1.09 bits per heavy atom. The number of H-pyrrole nitrogens is 1. The Kier molecular flexibility index (Phi) is 3.69. The minimum Gasteiger partial charge on any atom is -0.360 e. The predicted octanol–water partition coefficient (Wildman–Crippen LogP) is 4.28. The monoisotopic (exact) mass is 312 g/mol. The molecule has 0 aliphatic rings. The molecule has 0 fully saturated rings. The number of rotatable bonds is 3. The van der Waals surface area contributed by atoms with Crippen molar-refractivity contribution in [2.45, 2.75) is 6.92 Å². The zero-order chi connectivity index (χ0) is 15.7. The first-order chi connectivity index (χ1) is 10.5. The maximum absolute atomic E-state index is 12.4. The molecule has 3 aromatic rings. The molecule has 0 saturated carbocycles. The lowest BCUT2D eigenvalue weighted by Gasteiger charge is -2.05. The van der Waals surface area contributed by atoms with Crippen LogP contribution in [-0.4, -0.2) is 16.7 Å². The molecule has 0 aliphatic carbocycles. The van der Waals surface area contributed by atoms with E-state index in [0.29, 0.717) is 21.8 Å². The molecule has 110 valence electrons. The Labute approximate surface area is 132 Å². The van der Waals surface area contributed by atoms with Crippen LogP contribution in [0.3, 0.4) is 0 Å². The molecule has 0 unspecified atom stereocenters. The smallest absolute Gasteiger partial charge is 0.257 e. The van der Waals surface area contributed by atoms with Crippen LogP contribution in [0.2, 0.25) is 5.02 Å². The van der Waals surface area contributed by atoms with Gasteiger partial charge in [-0.1, -0.05) is 17.7 Å². The Balaban J connectivity index is 1.85. The summed E-state index contributed by atoms with van der Waals surface area (Å²) in [6.07, 6.45) is 1.65. The molecule has 22 heavy (non-hydrogen) atoms. The van der Waals surface area contributed by atoms with E-state index in [2.05, 4.69) is 10.3 Å². The van der Waals surface area contributed by atoms with Crippen molar-refractivity contribution in [1.82, 2.24) is 4.98 Å². The summed E-state index contributed by atoms with van der Waals surface area (Å²) in [5, 5.41) is 4.23. The number of hydrogen-bond donors (Lipinski definition) is 2. The van der Waals surface area contributed by atoms with E-state index in [4.69, 9.17) is 11.6 Å². The van der Waals surface area contributed by atoms with E-state index in [-0.39, 0.29) is 11.7 Å². The van der Waals surface area contributed by atoms with Crippen molar-refractivity contribution in [1.29, 1.82) is 0 Å². The fraction of sp³-hybridized carbons (Fsp3) is 0.0588. The number of hydrogen-bond acceptors (Lipinski definition) is 2. The maximum atomic E-state index is 12.4. The van der Waals surface area contributed by atoms with Crippen LogP contribution in [0.5, 0.6) is 0 Å². The molecule has 1 aromatic heterocycles. The van der Waals surface area contributed by atoms with E-state index in [1.165, 1.54) is 6.92 Å². The highest BCUT2D eigenvalue weighted by Gasteiger charge is 2.12. The van der Waals surface area contributed by atoms with Crippen molar-refractivity contribution < 1.29 is 9.59 Å². The molecule has 2 aromatic carbocycles. The molecular weight excluding hydrogens is 300 g/mol. The molecular formula is C17H13ClN2O2. The van der Waals surface area contributed by atoms with Crippen molar-refractivity contribution in [2.75, 3.05) is 5.32 Å². The summed E-state index contributed by atoms with van der Waals surface area (Å²) >= 11 is 5.93. The minimum atomic E-state index is -0.218. The molecule has 0 radical (unpaired) electrons. The summed E-state index contributed by atoms with van der Waals surface area (Å²) in [5.41, 5.74) is 2.60. The van der Waals surface area contributed by atoms with Gasteiger partial charge in [0.25, 0.3) is 5.91 Å². The average molecular weight is 313 g/mol. The SMILES string of the molecule is CC(=O)c1ccc(NC(=O)c2c[nH]c3cc(Cl)ccc23)cc1. The van der Waals surface area contributed by atoms with Gasteiger partial charge in [0.2, 0.25) is 0 Å². The number of carbonyl (C=O) groups excluding carboxylic acids is 2. The molecule has 1 heterocycles. The van der Waals surface area contributed by atoms with Gasteiger partial charge in [0.1, 0.15) is 0 Å². The third-order valence-corrected chi connectivity index (χ3v) is 3.67. The van der Waals surface area contributed by atoms with Gasteiger partial charge in [-0.05, 0) is 43.3 Å². The zero-order valence-electron chi connectivity index (χ0n) is 11.8. The Bertz CT molecular complexity index is 866. The van der Waals surface area contributed by atoms with Gasteiger partial charge < -0.3 is 10.3 Å². The van der Waals surface area contributed by atoms with Crippen molar-refractivity contribution in [3.63, 3.8) is 0 Å². The number of aromatic amines is 1. The van der Waals surface area contributed by atoms with Crippen molar-refractivity contribution in [2.24, 2.45) is 0 Å². The number of halogens is 1. The minimum absolute atomic E-state index is 0.00798. The molecule has 0 aliphatic heterocycles. The number of fused-ring (bicyclic) bond motifs is 1. The molecule has 2 N–H and O–H groups in total. The van der Waals surface area contributed by atoms with Gasteiger partial charge in [-0.2, -0.15) is 0 Å². The van der Waals surface area contributed by atoms with Crippen LogP contribution < -0.4 is 5.32 Å². The quantitative estimate of drug-likeness (QED) is 0.709. The van der Waals surface area contributed by atoms with Crippen LogP contribution in [0.4, 0.5) is 5.69 Å². The highest BCUT2D eigenvalue weighted by atomic mass is 35.5. The Morgan fingerprint density at radius 2 is 1.82 bits per heavy atom. The third kappa shape index (κ3) is 2.73.